The van der Waals surface area contributed by atoms with Crippen LogP contribution >= 0.6 is 0 Å². The number of nitrogens with one attached hydrogen (secondary N) is 2. The molecule has 2 aromatic rings. The van der Waals surface area contributed by atoms with Gasteiger partial charge < -0.3 is 15.5 Å². The molecule has 1 aliphatic rings. The van der Waals surface area contributed by atoms with Crippen LogP contribution in [0.5, 0.6) is 0 Å². The quantitative estimate of drug-likeness (QED) is 0.472. The van der Waals surface area contributed by atoms with Crippen LogP contribution in [0.25, 0.3) is 0 Å². The summed E-state index contributed by atoms with van der Waals surface area (Å²) in [6.07, 6.45) is 0.595. The molecule has 0 radical (unpaired) electrons. The molecule has 2 aromatic carbocycles. The van der Waals surface area contributed by atoms with Crippen LogP contribution in [-0.2, 0) is 19.4 Å². The van der Waals surface area contributed by atoms with E-state index in [1.807, 2.05) is 44.2 Å². The van der Waals surface area contributed by atoms with Gasteiger partial charge in [-0.2, -0.15) is 0 Å². The summed E-state index contributed by atoms with van der Waals surface area (Å²) in [7, 11) is -3.72. The lowest BCUT2D eigenvalue weighted by atomic mass is 9.90. The molecule has 0 saturated heterocycles. The third kappa shape index (κ3) is 4.94. The number of aliphatic carboxylic acids is 2. The number of hydrogen-bond donors (Lipinski definition) is 4. The fourth-order valence-electron chi connectivity index (χ4n) is 4.14. The van der Waals surface area contributed by atoms with Crippen LogP contribution in [0, 0.1) is 0 Å². The van der Waals surface area contributed by atoms with E-state index in [2.05, 4.69) is 10.6 Å². The molecule has 172 valence electrons. The summed E-state index contributed by atoms with van der Waals surface area (Å²) in [4.78, 5) is 22.6. The number of sulfone groups is 1. The van der Waals surface area contributed by atoms with Crippen molar-refractivity contribution < 1.29 is 28.2 Å². The summed E-state index contributed by atoms with van der Waals surface area (Å²) >= 11 is 0. The highest BCUT2D eigenvalue weighted by molar-refractivity contribution is 7.91. The molecule has 0 aliphatic carbocycles. The Hall–Kier alpha value is -2.91. The molecule has 9 heteroatoms. The van der Waals surface area contributed by atoms with Gasteiger partial charge in [0.1, 0.15) is 6.04 Å². The van der Waals surface area contributed by atoms with Crippen molar-refractivity contribution in [2.24, 2.45) is 0 Å². The molecule has 0 aromatic heterocycles. The second-order valence-electron chi connectivity index (χ2n) is 8.12. The molecule has 8 nitrogen and oxygen atoms in total. The SMILES string of the molecule is CCC1(CC)CS(=O)(=O)c2cc(N[C@@H](CC(=O)O)C(=O)O)ccc2C(c2ccccc2)N1. The van der Waals surface area contributed by atoms with Gasteiger partial charge in [-0.05, 0) is 36.1 Å². The lowest BCUT2D eigenvalue weighted by Crippen LogP contribution is -2.49. The Morgan fingerprint density at radius 1 is 1.12 bits per heavy atom. The van der Waals surface area contributed by atoms with E-state index in [-0.39, 0.29) is 22.4 Å². The molecule has 4 N–H and O–H groups in total. The fourth-order valence-corrected chi connectivity index (χ4v) is 6.37. The van der Waals surface area contributed by atoms with Gasteiger partial charge in [0, 0.05) is 11.2 Å². The van der Waals surface area contributed by atoms with Crippen molar-refractivity contribution in [1.29, 1.82) is 0 Å². The van der Waals surface area contributed by atoms with E-state index >= 15 is 0 Å². The number of fused-ring (bicyclic) bond motifs is 1. The lowest BCUT2D eigenvalue weighted by molar-refractivity contribution is -0.144. The van der Waals surface area contributed by atoms with Gasteiger partial charge in [-0.3, -0.25) is 10.1 Å². The summed E-state index contributed by atoms with van der Waals surface area (Å²) in [5, 5.41) is 24.6. The monoisotopic (exact) mass is 460 g/mol. The summed E-state index contributed by atoms with van der Waals surface area (Å²) in [5.41, 5.74) is 1.12. The van der Waals surface area contributed by atoms with Crippen molar-refractivity contribution in [2.75, 3.05) is 11.1 Å². The largest absolute Gasteiger partial charge is 0.481 e. The summed E-state index contributed by atoms with van der Waals surface area (Å²) < 4.78 is 26.9. The van der Waals surface area contributed by atoms with Crippen molar-refractivity contribution in [3.8, 4) is 0 Å². The van der Waals surface area contributed by atoms with Crippen LogP contribution in [0.2, 0.25) is 0 Å². The van der Waals surface area contributed by atoms with E-state index in [1.165, 1.54) is 6.07 Å². The van der Waals surface area contributed by atoms with Gasteiger partial charge in [0.05, 0.1) is 23.1 Å². The zero-order valence-electron chi connectivity index (χ0n) is 18.0. The first-order valence-electron chi connectivity index (χ1n) is 10.5. The molecule has 1 unspecified atom stereocenters. The Balaban J connectivity index is 2.13. The van der Waals surface area contributed by atoms with E-state index in [0.717, 1.165) is 5.56 Å². The van der Waals surface area contributed by atoms with Gasteiger partial charge in [0.15, 0.2) is 9.84 Å². The number of hydrogen-bond acceptors (Lipinski definition) is 6. The Labute approximate surface area is 187 Å². The minimum atomic E-state index is -3.72. The number of carboxylic acids is 2. The van der Waals surface area contributed by atoms with E-state index in [1.54, 1.807) is 12.1 Å². The smallest absolute Gasteiger partial charge is 0.326 e. The van der Waals surface area contributed by atoms with Crippen molar-refractivity contribution in [3.05, 3.63) is 59.7 Å². The van der Waals surface area contributed by atoms with Gasteiger partial charge in [-0.1, -0.05) is 50.2 Å². The van der Waals surface area contributed by atoms with Crippen molar-refractivity contribution in [2.45, 2.75) is 55.6 Å². The molecular weight excluding hydrogens is 432 g/mol. The van der Waals surface area contributed by atoms with E-state index in [0.29, 0.717) is 18.4 Å². The Morgan fingerprint density at radius 2 is 1.78 bits per heavy atom. The minimum absolute atomic E-state index is 0.0930. The Bertz CT molecular complexity index is 1100. The Kier molecular flexibility index (Phi) is 6.90. The topological polar surface area (TPSA) is 133 Å². The molecule has 2 atom stereocenters. The van der Waals surface area contributed by atoms with E-state index in [9.17, 15) is 23.1 Å². The second kappa shape index (κ2) is 9.30. The molecule has 0 saturated carbocycles. The lowest BCUT2D eigenvalue weighted by Gasteiger charge is -2.34. The highest BCUT2D eigenvalue weighted by atomic mass is 32.2. The highest BCUT2D eigenvalue weighted by Gasteiger charge is 2.41. The Morgan fingerprint density at radius 3 is 2.34 bits per heavy atom. The first kappa shape index (κ1) is 23.7. The molecule has 0 amide bonds. The zero-order chi connectivity index (χ0) is 23.5. The molecule has 1 aliphatic heterocycles. The molecular formula is C23H28N2O6S. The normalized spacial score (nSPS) is 19.9. The van der Waals surface area contributed by atoms with Crippen molar-refractivity contribution >= 4 is 27.5 Å². The number of anilines is 1. The number of carboxylic acid groups (broad SMARTS) is 2. The number of carbonyl (C=O) groups is 2. The minimum Gasteiger partial charge on any atom is -0.481 e. The molecule has 0 spiro atoms. The third-order valence-electron chi connectivity index (χ3n) is 6.08. The van der Waals surface area contributed by atoms with Gasteiger partial charge >= 0.3 is 11.9 Å². The van der Waals surface area contributed by atoms with Crippen molar-refractivity contribution in [3.63, 3.8) is 0 Å². The van der Waals surface area contributed by atoms with Gasteiger partial charge in [-0.15, -0.1) is 0 Å². The number of benzene rings is 2. The van der Waals surface area contributed by atoms with Crippen LogP contribution in [0.4, 0.5) is 5.69 Å². The maximum atomic E-state index is 13.5. The third-order valence-corrected chi connectivity index (χ3v) is 8.04. The maximum absolute atomic E-state index is 13.5. The molecule has 0 fully saturated rings. The summed E-state index contributed by atoms with van der Waals surface area (Å²) in [6, 6.07) is 12.5. The van der Waals surface area contributed by atoms with E-state index < -0.39 is 39.8 Å². The maximum Gasteiger partial charge on any atom is 0.326 e. The van der Waals surface area contributed by atoms with Crippen LogP contribution < -0.4 is 10.6 Å². The number of rotatable bonds is 8. The van der Waals surface area contributed by atoms with Crippen LogP contribution in [0.3, 0.4) is 0 Å². The molecule has 3 rings (SSSR count). The van der Waals surface area contributed by atoms with Crippen LogP contribution in [0.1, 0.15) is 50.3 Å². The fraction of sp³-hybridized carbons (Fsp3) is 0.391. The zero-order valence-corrected chi connectivity index (χ0v) is 18.9. The van der Waals surface area contributed by atoms with Crippen molar-refractivity contribution in [1.82, 2.24) is 5.32 Å². The first-order chi connectivity index (χ1) is 15.1. The molecule has 1 heterocycles. The standard InChI is InChI=1S/C23H28N2O6S/c1-3-23(4-2)14-32(30,31)19-12-16(24-18(22(28)29)13-20(26)27)10-11-17(19)21(25-23)15-8-6-5-7-9-15/h5-12,18,21,24-25H,3-4,13-14H2,1-2H3,(H,26,27)(H,28,29)/t18-,21?/m0/s1. The first-order valence-corrected chi connectivity index (χ1v) is 12.2. The van der Waals surface area contributed by atoms with Gasteiger partial charge in [-0.25, -0.2) is 13.2 Å². The summed E-state index contributed by atoms with van der Waals surface area (Å²) in [6.45, 7) is 3.92. The predicted octanol–water partition coefficient (Wildman–Crippen LogP) is 3.05. The molecule has 32 heavy (non-hydrogen) atoms. The van der Waals surface area contributed by atoms with Crippen LogP contribution in [-0.4, -0.2) is 47.9 Å². The molecule has 0 bridgehead atoms. The van der Waals surface area contributed by atoms with Gasteiger partial charge in [0.2, 0.25) is 0 Å². The average molecular weight is 461 g/mol. The second-order valence-corrected chi connectivity index (χ2v) is 10.1. The predicted molar refractivity (Wildman–Crippen MR) is 121 cm³/mol. The van der Waals surface area contributed by atoms with Gasteiger partial charge in [0.25, 0.3) is 0 Å². The summed E-state index contributed by atoms with van der Waals surface area (Å²) in [5.74, 6) is -2.69. The van der Waals surface area contributed by atoms with Crippen LogP contribution in [0.15, 0.2) is 53.4 Å². The highest BCUT2D eigenvalue weighted by Crippen LogP contribution is 2.38. The average Bonchev–Trinajstić information content (AvgIpc) is 2.86. The van der Waals surface area contributed by atoms with E-state index in [4.69, 9.17) is 5.11 Å².